The maximum atomic E-state index is 13.4. The first-order valence-corrected chi connectivity index (χ1v) is 10.2. The lowest BCUT2D eigenvalue weighted by Crippen LogP contribution is -2.11. The molecule has 0 atom stereocenters. The van der Waals surface area contributed by atoms with Crippen molar-refractivity contribution in [2.24, 2.45) is 0 Å². The molecule has 1 N–H and O–H groups in total. The van der Waals surface area contributed by atoms with Gasteiger partial charge in [0.25, 0.3) is 0 Å². The summed E-state index contributed by atoms with van der Waals surface area (Å²) in [5.41, 5.74) is 4.55. The number of aryl methyl sites for hydroxylation is 1. The van der Waals surface area contributed by atoms with Crippen LogP contribution in [0.15, 0.2) is 67.1 Å². The molecule has 0 aliphatic rings. The number of phenols is 1. The maximum absolute atomic E-state index is 13.4. The highest BCUT2D eigenvalue weighted by atomic mass is 16.3. The number of fused-ring (bicyclic) bond motifs is 1. The van der Waals surface area contributed by atoms with Crippen molar-refractivity contribution in [1.29, 1.82) is 0 Å². The number of carbonyl (C=O) groups is 1. The third kappa shape index (κ3) is 3.96. The third-order valence-electron chi connectivity index (χ3n) is 5.32. The van der Waals surface area contributed by atoms with Crippen LogP contribution in [0.2, 0.25) is 0 Å². The van der Waals surface area contributed by atoms with E-state index in [0.29, 0.717) is 19.4 Å². The van der Waals surface area contributed by atoms with Crippen LogP contribution >= 0.6 is 0 Å². The van der Waals surface area contributed by atoms with Crippen molar-refractivity contribution in [3.63, 3.8) is 0 Å². The summed E-state index contributed by atoms with van der Waals surface area (Å²) in [6.45, 7) is 4.74. The summed E-state index contributed by atoms with van der Waals surface area (Å²) in [6.07, 6.45) is 6.37. The fraction of sp³-hybridized carbons (Fsp3) is 0.240. The Kier molecular flexibility index (Phi) is 5.61. The fourth-order valence-electron chi connectivity index (χ4n) is 4.00. The number of pyridine rings is 2. The van der Waals surface area contributed by atoms with Crippen molar-refractivity contribution in [2.45, 2.75) is 39.2 Å². The molecule has 5 nitrogen and oxygen atoms in total. The molecule has 0 amide bonds. The van der Waals surface area contributed by atoms with Crippen LogP contribution in [0.5, 0.6) is 5.75 Å². The zero-order valence-electron chi connectivity index (χ0n) is 17.2. The van der Waals surface area contributed by atoms with Gasteiger partial charge in [0.1, 0.15) is 5.75 Å². The number of Topliss-reactive ketones (excluding diaryl/α,β-unsaturated/α-hetero) is 1. The molecule has 4 aromatic rings. The molecule has 0 aliphatic carbocycles. The first-order chi connectivity index (χ1) is 14.5. The molecule has 0 spiro atoms. The molecule has 3 aromatic heterocycles. The maximum Gasteiger partial charge on any atom is 0.165 e. The average Bonchev–Trinajstić information content (AvgIpc) is 3.07. The number of benzene rings is 1. The van der Waals surface area contributed by atoms with Gasteiger partial charge in [-0.15, -0.1) is 0 Å². The van der Waals surface area contributed by atoms with Gasteiger partial charge in [0.2, 0.25) is 0 Å². The minimum atomic E-state index is 0.109. The Morgan fingerprint density at radius 2 is 1.97 bits per heavy atom. The van der Waals surface area contributed by atoms with Crippen molar-refractivity contribution < 1.29 is 9.90 Å². The Bertz CT molecular complexity index is 1170. The summed E-state index contributed by atoms with van der Waals surface area (Å²) < 4.78 is 2.12. The highest BCUT2D eigenvalue weighted by Crippen LogP contribution is 2.34. The number of phenolic OH excluding ortho intramolecular Hbond substituents is 1. The molecular formula is C25H25N3O2. The number of rotatable bonds is 7. The fourth-order valence-corrected chi connectivity index (χ4v) is 4.00. The van der Waals surface area contributed by atoms with Crippen LogP contribution in [0.25, 0.3) is 10.9 Å². The van der Waals surface area contributed by atoms with Gasteiger partial charge < -0.3 is 9.67 Å². The number of aromatic hydroxyl groups is 1. The Labute approximate surface area is 176 Å². The SMILES string of the molecule is CC(C)c1c(C(=O)CCc2cccnc2)c2ccc(O)cc2n1Cc1ccccn1. The molecule has 0 unspecified atom stereocenters. The van der Waals surface area contributed by atoms with Crippen molar-refractivity contribution in [3.8, 4) is 5.75 Å². The lowest BCUT2D eigenvalue weighted by molar-refractivity contribution is 0.0983. The number of ketones is 1. The van der Waals surface area contributed by atoms with E-state index in [4.69, 9.17) is 0 Å². The summed E-state index contributed by atoms with van der Waals surface area (Å²) >= 11 is 0. The van der Waals surface area contributed by atoms with Gasteiger partial charge in [-0.2, -0.15) is 0 Å². The van der Waals surface area contributed by atoms with Crippen molar-refractivity contribution in [1.82, 2.24) is 14.5 Å². The molecule has 0 aliphatic heterocycles. The van der Waals surface area contributed by atoms with E-state index in [2.05, 4.69) is 28.4 Å². The van der Waals surface area contributed by atoms with Gasteiger partial charge in [-0.1, -0.05) is 26.0 Å². The van der Waals surface area contributed by atoms with Crippen molar-refractivity contribution >= 4 is 16.7 Å². The van der Waals surface area contributed by atoms with E-state index in [9.17, 15) is 9.90 Å². The van der Waals surface area contributed by atoms with Gasteiger partial charge in [0.05, 0.1) is 17.8 Å². The normalized spacial score (nSPS) is 11.3. The summed E-state index contributed by atoms with van der Waals surface area (Å²) in [7, 11) is 0. The Morgan fingerprint density at radius 3 is 2.67 bits per heavy atom. The zero-order valence-corrected chi connectivity index (χ0v) is 17.2. The lowest BCUT2D eigenvalue weighted by Gasteiger charge is -2.15. The number of aromatic nitrogens is 3. The topological polar surface area (TPSA) is 68.0 Å². The molecule has 4 rings (SSSR count). The van der Waals surface area contributed by atoms with Crippen LogP contribution in [0.4, 0.5) is 0 Å². The van der Waals surface area contributed by atoms with E-state index in [1.54, 1.807) is 30.7 Å². The van der Waals surface area contributed by atoms with Crippen LogP contribution in [-0.4, -0.2) is 25.4 Å². The second-order valence-electron chi connectivity index (χ2n) is 7.81. The van der Waals surface area contributed by atoms with Crippen LogP contribution in [0, 0.1) is 0 Å². The lowest BCUT2D eigenvalue weighted by atomic mass is 9.96. The van der Waals surface area contributed by atoms with E-state index in [1.165, 1.54) is 0 Å². The number of nitrogens with zero attached hydrogens (tertiary/aromatic N) is 3. The van der Waals surface area contributed by atoms with Gasteiger partial charge >= 0.3 is 0 Å². The first kappa shape index (κ1) is 19.8. The Balaban J connectivity index is 1.80. The number of hydrogen-bond acceptors (Lipinski definition) is 4. The standard InChI is InChI=1S/C25H25N3O2/c1-17(2)25-24(23(30)11-8-18-6-5-12-26-15-18)21-10-9-20(29)14-22(21)28(25)16-19-7-3-4-13-27-19/h3-7,9-10,12-15,17,29H,8,11,16H2,1-2H3. The third-order valence-corrected chi connectivity index (χ3v) is 5.32. The minimum Gasteiger partial charge on any atom is -0.508 e. The molecule has 5 heteroatoms. The highest BCUT2D eigenvalue weighted by molar-refractivity contribution is 6.10. The zero-order chi connectivity index (χ0) is 21.1. The van der Waals surface area contributed by atoms with Gasteiger partial charge in [-0.3, -0.25) is 14.8 Å². The largest absolute Gasteiger partial charge is 0.508 e. The number of hydrogen-bond donors (Lipinski definition) is 1. The second-order valence-corrected chi connectivity index (χ2v) is 7.81. The molecule has 0 saturated heterocycles. The van der Waals surface area contributed by atoms with Gasteiger partial charge in [-0.05, 0) is 48.2 Å². The van der Waals surface area contributed by atoms with Crippen molar-refractivity contribution in [2.75, 3.05) is 0 Å². The molecule has 0 bridgehead atoms. The van der Waals surface area contributed by atoms with Crippen molar-refractivity contribution in [3.05, 3.63) is 89.6 Å². The highest BCUT2D eigenvalue weighted by Gasteiger charge is 2.24. The van der Waals surface area contributed by atoms with E-state index in [1.807, 2.05) is 36.4 Å². The summed E-state index contributed by atoms with van der Waals surface area (Å²) in [4.78, 5) is 22.0. The number of carbonyl (C=O) groups excluding carboxylic acids is 1. The molecule has 30 heavy (non-hydrogen) atoms. The summed E-state index contributed by atoms with van der Waals surface area (Å²) in [5, 5.41) is 11.0. The predicted octanol–water partition coefficient (Wildman–Crippen LogP) is 5.12. The molecule has 3 heterocycles. The van der Waals surface area contributed by atoms with Crippen LogP contribution in [0.3, 0.4) is 0 Å². The average molecular weight is 399 g/mol. The predicted molar refractivity (Wildman–Crippen MR) is 118 cm³/mol. The van der Waals surface area contributed by atoms with Crippen LogP contribution in [0.1, 0.15) is 53.5 Å². The van der Waals surface area contributed by atoms with Crippen LogP contribution < -0.4 is 0 Å². The minimum absolute atomic E-state index is 0.109. The molecule has 0 saturated carbocycles. The quantitative estimate of drug-likeness (QED) is 0.438. The Morgan fingerprint density at radius 1 is 1.10 bits per heavy atom. The van der Waals surface area contributed by atoms with E-state index in [0.717, 1.165) is 33.4 Å². The van der Waals surface area contributed by atoms with E-state index < -0.39 is 0 Å². The second kappa shape index (κ2) is 8.49. The molecule has 1 aromatic carbocycles. The van der Waals surface area contributed by atoms with Crippen LogP contribution in [-0.2, 0) is 13.0 Å². The Hall–Kier alpha value is -3.47. The molecule has 152 valence electrons. The van der Waals surface area contributed by atoms with Gasteiger partial charge in [-0.25, -0.2) is 0 Å². The monoisotopic (exact) mass is 399 g/mol. The molecule has 0 fully saturated rings. The van der Waals surface area contributed by atoms with Gasteiger partial charge in [0, 0.05) is 47.7 Å². The van der Waals surface area contributed by atoms with E-state index >= 15 is 0 Å². The first-order valence-electron chi connectivity index (χ1n) is 10.2. The summed E-state index contributed by atoms with van der Waals surface area (Å²) in [5.74, 6) is 0.436. The van der Waals surface area contributed by atoms with E-state index in [-0.39, 0.29) is 17.5 Å². The molecule has 0 radical (unpaired) electrons. The molecular weight excluding hydrogens is 374 g/mol. The van der Waals surface area contributed by atoms with Gasteiger partial charge in [0.15, 0.2) is 5.78 Å². The summed E-state index contributed by atoms with van der Waals surface area (Å²) in [6, 6.07) is 14.9. The smallest absolute Gasteiger partial charge is 0.165 e.